The highest BCUT2D eigenvalue weighted by Crippen LogP contribution is 2.18. The molecule has 1 aromatic carbocycles. The van der Waals surface area contributed by atoms with Gasteiger partial charge in [-0.2, -0.15) is 0 Å². The van der Waals surface area contributed by atoms with Crippen LogP contribution in [0.3, 0.4) is 0 Å². The number of aliphatic hydroxyl groups excluding tert-OH is 1. The lowest BCUT2D eigenvalue weighted by atomic mass is 10.1. The van der Waals surface area contributed by atoms with E-state index in [4.69, 9.17) is 9.84 Å². The van der Waals surface area contributed by atoms with Crippen LogP contribution in [0, 0.1) is 0 Å². The van der Waals surface area contributed by atoms with Crippen LogP contribution >= 0.6 is 0 Å². The molecule has 0 saturated carbocycles. The number of benzene rings is 1. The molecule has 0 aliphatic carbocycles. The largest absolute Gasteiger partial charge is 0.491 e. The van der Waals surface area contributed by atoms with Crippen LogP contribution in [0.5, 0.6) is 5.75 Å². The number of hydrogen-bond donors (Lipinski definition) is 1. The van der Waals surface area contributed by atoms with Crippen LogP contribution in [0.1, 0.15) is 18.1 Å². The first-order valence-electron chi connectivity index (χ1n) is 4.80. The molecule has 0 unspecified atom stereocenters. The minimum atomic E-state index is 0.0414. The van der Waals surface area contributed by atoms with Crippen LogP contribution in [0.25, 0.3) is 6.08 Å². The minimum Gasteiger partial charge on any atom is -0.491 e. The van der Waals surface area contributed by atoms with Crippen molar-refractivity contribution >= 4 is 6.08 Å². The van der Waals surface area contributed by atoms with Crippen molar-refractivity contribution in [2.75, 3.05) is 13.2 Å². The molecule has 0 radical (unpaired) electrons. The first kappa shape index (κ1) is 10.8. The van der Waals surface area contributed by atoms with E-state index in [1.807, 2.05) is 12.1 Å². The van der Waals surface area contributed by atoms with Gasteiger partial charge in [0.05, 0.1) is 6.61 Å². The lowest BCUT2D eigenvalue weighted by molar-refractivity contribution is 0.201. The molecular weight excluding hydrogens is 176 g/mol. The van der Waals surface area contributed by atoms with Crippen molar-refractivity contribution in [3.8, 4) is 5.75 Å². The molecule has 76 valence electrons. The number of aryl methyl sites for hydroxylation is 1. The van der Waals surface area contributed by atoms with Gasteiger partial charge in [0.2, 0.25) is 0 Å². The number of aliphatic hydroxyl groups is 1. The summed E-state index contributed by atoms with van der Waals surface area (Å²) in [5.41, 5.74) is 2.27. The van der Waals surface area contributed by atoms with Crippen LogP contribution in [-0.2, 0) is 6.42 Å². The second-order valence-electron chi connectivity index (χ2n) is 3.04. The van der Waals surface area contributed by atoms with Gasteiger partial charge in [-0.15, -0.1) is 0 Å². The molecule has 0 aliphatic heterocycles. The van der Waals surface area contributed by atoms with Crippen molar-refractivity contribution in [2.24, 2.45) is 0 Å². The van der Waals surface area contributed by atoms with Gasteiger partial charge in [-0.3, -0.25) is 0 Å². The van der Waals surface area contributed by atoms with Crippen molar-refractivity contribution < 1.29 is 9.84 Å². The summed E-state index contributed by atoms with van der Waals surface area (Å²) in [6, 6.07) is 5.99. The fraction of sp³-hybridized carbons (Fsp3) is 0.333. The van der Waals surface area contributed by atoms with E-state index in [1.54, 1.807) is 6.08 Å². The van der Waals surface area contributed by atoms with Crippen LogP contribution in [-0.4, -0.2) is 18.3 Å². The minimum absolute atomic E-state index is 0.0414. The lowest BCUT2D eigenvalue weighted by Crippen LogP contribution is -2.02. The molecule has 0 saturated heterocycles. The average molecular weight is 192 g/mol. The highest BCUT2D eigenvalue weighted by Gasteiger charge is 1.98. The fourth-order valence-corrected chi connectivity index (χ4v) is 1.25. The third-order valence-electron chi connectivity index (χ3n) is 1.99. The first-order chi connectivity index (χ1) is 6.80. The summed E-state index contributed by atoms with van der Waals surface area (Å²) in [5.74, 6) is 0.799. The highest BCUT2D eigenvalue weighted by molar-refractivity contribution is 5.51. The number of ether oxygens (including phenoxy) is 1. The molecule has 0 aliphatic rings. The SMILES string of the molecule is C=Cc1cc(CC)cc(OCCO)c1. The third kappa shape index (κ3) is 2.89. The molecule has 1 rings (SSSR count). The van der Waals surface area contributed by atoms with Gasteiger partial charge in [-0.25, -0.2) is 0 Å². The zero-order valence-corrected chi connectivity index (χ0v) is 8.49. The Balaban J connectivity index is 2.86. The van der Waals surface area contributed by atoms with Crippen LogP contribution in [0.4, 0.5) is 0 Å². The lowest BCUT2D eigenvalue weighted by Gasteiger charge is -2.07. The van der Waals surface area contributed by atoms with E-state index in [1.165, 1.54) is 5.56 Å². The molecule has 0 spiro atoms. The van der Waals surface area contributed by atoms with Crippen molar-refractivity contribution in [1.82, 2.24) is 0 Å². The van der Waals surface area contributed by atoms with Crippen molar-refractivity contribution in [1.29, 1.82) is 0 Å². The molecule has 0 bridgehead atoms. The molecule has 2 nitrogen and oxygen atoms in total. The molecule has 14 heavy (non-hydrogen) atoms. The maximum atomic E-state index is 8.64. The van der Waals surface area contributed by atoms with Gasteiger partial charge < -0.3 is 9.84 Å². The number of rotatable bonds is 5. The summed E-state index contributed by atoms with van der Waals surface area (Å²) >= 11 is 0. The number of hydrogen-bond acceptors (Lipinski definition) is 2. The molecule has 0 aromatic heterocycles. The van der Waals surface area contributed by atoms with Gasteiger partial charge in [0.1, 0.15) is 12.4 Å². The Labute approximate surface area is 84.8 Å². The molecule has 2 heteroatoms. The second kappa shape index (κ2) is 5.45. The maximum absolute atomic E-state index is 8.64. The third-order valence-corrected chi connectivity index (χ3v) is 1.99. The summed E-state index contributed by atoms with van der Waals surface area (Å²) < 4.78 is 5.34. The monoisotopic (exact) mass is 192 g/mol. The average Bonchev–Trinajstić information content (AvgIpc) is 2.25. The fourth-order valence-electron chi connectivity index (χ4n) is 1.25. The standard InChI is InChI=1S/C12H16O2/c1-3-10-7-11(4-2)9-12(8-10)14-6-5-13/h3,7-9,13H,1,4-6H2,2H3. The van der Waals surface area contributed by atoms with Crippen LogP contribution in [0.15, 0.2) is 24.8 Å². The Hall–Kier alpha value is -1.28. The topological polar surface area (TPSA) is 29.5 Å². The van der Waals surface area contributed by atoms with E-state index in [0.717, 1.165) is 17.7 Å². The van der Waals surface area contributed by atoms with E-state index >= 15 is 0 Å². The van der Waals surface area contributed by atoms with Gasteiger partial charge in [0.15, 0.2) is 0 Å². The van der Waals surface area contributed by atoms with Gasteiger partial charge in [0, 0.05) is 0 Å². The summed E-state index contributed by atoms with van der Waals surface area (Å²) in [4.78, 5) is 0. The predicted octanol–water partition coefficient (Wildman–Crippen LogP) is 2.26. The molecule has 0 amide bonds. The second-order valence-corrected chi connectivity index (χ2v) is 3.04. The van der Waals surface area contributed by atoms with Crippen molar-refractivity contribution in [3.05, 3.63) is 35.9 Å². The Morgan fingerprint density at radius 2 is 2.21 bits per heavy atom. The molecular formula is C12H16O2. The van der Waals surface area contributed by atoms with Gasteiger partial charge in [-0.05, 0) is 29.7 Å². The quantitative estimate of drug-likeness (QED) is 0.775. The Morgan fingerprint density at radius 1 is 1.43 bits per heavy atom. The zero-order chi connectivity index (χ0) is 10.4. The molecule has 0 fully saturated rings. The smallest absolute Gasteiger partial charge is 0.120 e. The summed E-state index contributed by atoms with van der Waals surface area (Å²) in [5, 5.41) is 8.64. The molecule has 1 N–H and O–H groups in total. The Morgan fingerprint density at radius 3 is 2.79 bits per heavy atom. The summed E-state index contributed by atoms with van der Waals surface area (Å²) in [6.45, 7) is 6.20. The Bertz CT molecular complexity index is 305. The van der Waals surface area contributed by atoms with E-state index in [9.17, 15) is 0 Å². The van der Waals surface area contributed by atoms with Gasteiger partial charge in [-0.1, -0.05) is 25.6 Å². The normalized spacial score (nSPS) is 9.86. The van der Waals surface area contributed by atoms with Crippen molar-refractivity contribution in [2.45, 2.75) is 13.3 Å². The summed E-state index contributed by atoms with van der Waals surface area (Å²) in [7, 11) is 0. The first-order valence-corrected chi connectivity index (χ1v) is 4.80. The van der Waals surface area contributed by atoms with Crippen LogP contribution in [0.2, 0.25) is 0 Å². The zero-order valence-electron chi connectivity index (χ0n) is 8.49. The molecule has 0 atom stereocenters. The molecule has 0 heterocycles. The highest BCUT2D eigenvalue weighted by atomic mass is 16.5. The van der Waals surface area contributed by atoms with E-state index in [2.05, 4.69) is 19.6 Å². The van der Waals surface area contributed by atoms with Crippen molar-refractivity contribution in [3.63, 3.8) is 0 Å². The van der Waals surface area contributed by atoms with E-state index < -0.39 is 0 Å². The predicted molar refractivity (Wildman–Crippen MR) is 58.5 cm³/mol. The van der Waals surface area contributed by atoms with E-state index in [0.29, 0.717) is 6.61 Å². The van der Waals surface area contributed by atoms with Gasteiger partial charge in [0.25, 0.3) is 0 Å². The molecule has 1 aromatic rings. The summed E-state index contributed by atoms with van der Waals surface area (Å²) in [6.07, 6.45) is 2.77. The van der Waals surface area contributed by atoms with Crippen LogP contribution < -0.4 is 4.74 Å². The maximum Gasteiger partial charge on any atom is 0.120 e. The van der Waals surface area contributed by atoms with E-state index in [-0.39, 0.29) is 6.61 Å². The van der Waals surface area contributed by atoms with Gasteiger partial charge >= 0.3 is 0 Å². The Kier molecular flexibility index (Phi) is 4.20.